The van der Waals surface area contributed by atoms with E-state index >= 15 is 0 Å². The van der Waals surface area contributed by atoms with Gasteiger partial charge in [0.25, 0.3) is 0 Å². The monoisotopic (exact) mass is 285 g/mol. The van der Waals surface area contributed by atoms with E-state index in [-0.39, 0.29) is 6.61 Å². The predicted octanol–water partition coefficient (Wildman–Crippen LogP) is 3.43. The van der Waals surface area contributed by atoms with Gasteiger partial charge in [0.2, 0.25) is 0 Å². The highest BCUT2D eigenvalue weighted by Crippen LogP contribution is 2.34. The molecule has 1 aliphatic rings. The minimum absolute atomic E-state index is 0.136. The Morgan fingerprint density at radius 2 is 1.95 bits per heavy atom. The Hall–Kier alpha value is -1.30. The summed E-state index contributed by atoms with van der Waals surface area (Å²) in [7, 11) is 0. The topological polar surface area (TPSA) is 23.5 Å². The third kappa shape index (κ3) is 4.59. The Morgan fingerprint density at radius 1 is 1.24 bits per heavy atom. The summed E-state index contributed by atoms with van der Waals surface area (Å²) < 4.78 is 0. The third-order valence-corrected chi connectivity index (χ3v) is 4.79. The second kappa shape index (κ2) is 7.64. The lowest BCUT2D eigenvalue weighted by molar-refractivity contribution is 0.109. The maximum Gasteiger partial charge on any atom is 0.0540 e. The van der Waals surface area contributed by atoms with Crippen LogP contribution in [-0.2, 0) is 6.54 Å². The lowest BCUT2D eigenvalue weighted by atomic mass is 9.78. The number of nitrogens with zero attached hydrogens (tertiary/aromatic N) is 1. The molecule has 114 valence electrons. The second-order valence-corrected chi connectivity index (χ2v) is 6.37. The van der Waals surface area contributed by atoms with Crippen molar-refractivity contribution in [1.82, 2.24) is 4.90 Å². The summed E-state index contributed by atoms with van der Waals surface area (Å²) in [4.78, 5) is 2.55. The largest absolute Gasteiger partial charge is 0.395 e. The lowest BCUT2D eigenvalue weighted by Gasteiger charge is -2.39. The van der Waals surface area contributed by atoms with Crippen molar-refractivity contribution in [3.8, 4) is 11.8 Å². The zero-order valence-electron chi connectivity index (χ0n) is 13.4. The maximum atomic E-state index is 8.84. The number of aliphatic hydroxyl groups is 1. The average Bonchev–Trinajstić information content (AvgIpc) is 2.52. The van der Waals surface area contributed by atoms with Gasteiger partial charge in [0.05, 0.1) is 6.61 Å². The van der Waals surface area contributed by atoms with Crippen LogP contribution in [0.2, 0.25) is 0 Å². The summed E-state index contributed by atoms with van der Waals surface area (Å²) in [6, 6.07) is 8.39. The first-order chi connectivity index (χ1) is 10.2. The van der Waals surface area contributed by atoms with Gasteiger partial charge in [0, 0.05) is 18.5 Å². The van der Waals surface area contributed by atoms with Crippen LogP contribution in [0.1, 0.15) is 50.7 Å². The summed E-state index contributed by atoms with van der Waals surface area (Å²) >= 11 is 0. The van der Waals surface area contributed by atoms with Gasteiger partial charge in [0.15, 0.2) is 0 Å². The second-order valence-electron chi connectivity index (χ2n) is 6.37. The number of likely N-dealkylation sites (tertiary alicyclic amines) is 1. The molecular formula is C19H27NO. The van der Waals surface area contributed by atoms with Gasteiger partial charge in [-0.3, -0.25) is 4.90 Å². The normalized spacial score (nSPS) is 18.0. The number of benzene rings is 1. The summed E-state index contributed by atoms with van der Waals surface area (Å²) in [5.74, 6) is 6.23. The van der Waals surface area contributed by atoms with E-state index in [0.29, 0.717) is 11.8 Å². The highest BCUT2D eigenvalue weighted by Gasteiger charge is 2.28. The first-order valence-electron chi connectivity index (χ1n) is 8.07. The highest BCUT2D eigenvalue weighted by molar-refractivity contribution is 5.41. The summed E-state index contributed by atoms with van der Waals surface area (Å²) in [6.07, 6.45) is 4.42. The van der Waals surface area contributed by atoms with E-state index < -0.39 is 0 Å². The third-order valence-electron chi connectivity index (χ3n) is 4.79. The molecule has 2 heteroatoms. The van der Waals surface area contributed by atoms with E-state index in [4.69, 9.17) is 5.11 Å². The fourth-order valence-electron chi connectivity index (χ4n) is 2.84. The molecule has 0 saturated carbocycles. The van der Waals surface area contributed by atoms with Crippen molar-refractivity contribution in [3.63, 3.8) is 0 Å². The van der Waals surface area contributed by atoms with Crippen LogP contribution >= 0.6 is 0 Å². The Kier molecular flexibility index (Phi) is 5.85. The van der Waals surface area contributed by atoms with E-state index in [1.165, 1.54) is 37.9 Å². The molecule has 21 heavy (non-hydrogen) atoms. The van der Waals surface area contributed by atoms with Gasteiger partial charge in [-0.05, 0) is 43.0 Å². The van der Waals surface area contributed by atoms with Crippen LogP contribution in [0.25, 0.3) is 0 Å². The van der Waals surface area contributed by atoms with Crippen molar-refractivity contribution >= 4 is 0 Å². The van der Waals surface area contributed by atoms with Crippen LogP contribution in [0.15, 0.2) is 24.3 Å². The molecule has 0 bridgehead atoms. The molecule has 2 nitrogen and oxygen atoms in total. The van der Waals surface area contributed by atoms with Crippen molar-refractivity contribution in [2.75, 3.05) is 19.7 Å². The van der Waals surface area contributed by atoms with Crippen molar-refractivity contribution in [2.24, 2.45) is 5.41 Å². The van der Waals surface area contributed by atoms with Crippen molar-refractivity contribution in [1.29, 1.82) is 0 Å². The van der Waals surface area contributed by atoms with Crippen LogP contribution in [0.3, 0.4) is 0 Å². The average molecular weight is 285 g/mol. The lowest BCUT2D eigenvalue weighted by Crippen LogP contribution is -2.38. The molecule has 0 amide bonds. The highest BCUT2D eigenvalue weighted by atomic mass is 16.2. The number of hydrogen-bond acceptors (Lipinski definition) is 2. The van der Waals surface area contributed by atoms with Crippen LogP contribution in [0.5, 0.6) is 0 Å². The zero-order valence-corrected chi connectivity index (χ0v) is 13.4. The molecule has 2 rings (SSSR count). The van der Waals surface area contributed by atoms with Crippen molar-refractivity contribution < 1.29 is 5.11 Å². The molecule has 1 saturated heterocycles. The summed E-state index contributed by atoms with van der Waals surface area (Å²) in [6.45, 7) is 8.21. The molecule has 1 heterocycles. The van der Waals surface area contributed by atoms with E-state index in [1.807, 2.05) is 6.07 Å². The van der Waals surface area contributed by atoms with E-state index in [0.717, 1.165) is 12.1 Å². The zero-order chi connectivity index (χ0) is 15.1. The number of rotatable bonds is 4. The summed E-state index contributed by atoms with van der Waals surface area (Å²) in [5.41, 5.74) is 2.95. The maximum absolute atomic E-state index is 8.84. The molecule has 0 aliphatic carbocycles. The minimum atomic E-state index is 0.136. The van der Waals surface area contributed by atoms with Crippen LogP contribution in [0, 0.1) is 17.3 Å². The molecule has 0 unspecified atom stereocenters. The first-order valence-corrected chi connectivity index (χ1v) is 8.07. The molecule has 0 aromatic heterocycles. The number of hydrogen-bond donors (Lipinski definition) is 1. The molecule has 1 aliphatic heterocycles. The van der Waals surface area contributed by atoms with Gasteiger partial charge in [0.1, 0.15) is 0 Å². The Bertz CT molecular complexity index is 504. The Balaban J connectivity index is 1.99. The van der Waals surface area contributed by atoms with Gasteiger partial charge in [-0.25, -0.2) is 0 Å². The van der Waals surface area contributed by atoms with Crippen LogP contribution < -0.4 is 0 Å². The van der Waals surface area contributed by atoms with Gasteiger partial charge >= 0.3 is 0 Å². The van der Waals surface area contributed by atoms with Gasteiger partial charge in [-0.1, -0.05) is 50.3 Å². The van der Waals surface area contributed by atoms with Crippen LogP contribution in [0.4, 0.5) is 0 Å². The summed E-state index contributed by atoms with van der Waals surface area (Å²) in [5, 5.41) is 8.84. The smallest absolute Gasteiger partial charge is 0.0540 e. The van der Waals surface area contributed by atoms with Crippen molar-refractivity contribution in [3.05, 3.63) is 35.4 Å². The molecule has 0 radical (unpaired) electrons. The number of piperidine rings is 1. The number of aliphatic hydroxyl groups excluding tert-OH is 1. The standard InChI is InChI=1S/C19H27NO/c1-3-19(2)11-13-20(14-12-19)16-18-10-5-4-8-17(18)9-6-7-15-21/h4-5,8,10,21H,3,7,11-16H2,1-2H3. The Morgan fingerprint density at radius 3 is 2.62 bits per heavy atom. The molecule has 0 spiro atoms. The van der Waals surface area contributed by atoms with Gasteiger partial charge in [-0.2, -0.15) is 0 Å². The van der Waals surface area contributed by atoms with E-state index in [9.17, 15) is 0 Å². The van der Waals surface area contributed by atoms with Crippen LogP contribution in [-0.4, -0.2) is 29.7 Å². The first kappa shape index (κ1) is 16.1. The molecule has 1 aromatic carbocycles. The quantitative estimate of drug-likeness (QED) is 0.857. The Labute approximate surface area is 129 Å². The van der Waals surface area contributed by atoms with Gasteiger partial charge in [-0.15, -0.1) is 0 Å². The molecular weight excluding hydrogens is 258 g/mol. The molecule has 1 fully saturated rings. The predicted molar refractivity (Wildman–Crippen MR) is 87.9 cm³/mol. The fourth-order valence-corrected chi connectivity index (χ4v) is 2.84. The van der Waals surface area contributed by atoms with E-state index in [2.05, 4.69) is 48.8 Å². The SMILES string of the molecule is CCC1(C)CCN(Cc2ccccc2C#CCCO)CC1. The van der Waals surface area contributed by atoms with E-state index in [1.54, 1.807) is 0 Å². The molecule has 1 N–H and O–H groups in total. The molecule has 1 aromatic rings. The fraction of sp³-hybridized carbons (Fsp3) is 0.579. The molecule has 0 atom stereocenters. The minimum Gasteiger partial charge on any atom is -0.395 e. The van der Waals surface area contributed by atoms with Crippen molar-refractivity contribution in [2.45, 2.75) is 46.1 Å². The van der Waals surface area contributed by atoms with Gasteiger partial charge < -0.3 is 5.11 Å².